The lowest BCUT2D eigenvalue weighted by Crippen LogP contribution is -2.68. The van der Waals surface area contributed by atoms with E-state index in [0.717, 1.165) is 0 Å². The number of hydrogen-bond donors (Lipinski definition) is 2. The lowest BCUT2D eigenvalue weighted by atomic mass is 10.1. The molecular weight excluding hydrogens is 512 g/mol. The van der Waals surface area contributed by atoms with Crippen LogP contribution in [-0.2, 0) is 25.7 Å². The SMILES string of the molecule is Cc1oc(=O)oc1COC(=O)N1CC[C@@H](N2CC/C(=C\C3=C(OC(=O)O)N4C(=O)[C@@H](N)[C@H]4SC3)C2=O)C1. The maximum Gasteiger partial charge on any atom is 0.519 e. The molecular formula is C22H24N4O10S. The van der Waals surface area contributed by atoms with Crippen LogP contribution in [0.1, 0.15) is 24.4 Å². The summed E-state index contributed by atoms with van der Waals surface area (Å²) in [6.07, 6.45) is 0.404. The van der Waals surface area contributed by atoms with E-state index in [1.165, 1.54) is 28.5 Å². The number of aryl methyl sites for hydroxylation is 1. The summed E-state index contributed by atoms with van der Waals surface area (Å²) in [6.45, 7) is 2.38. The molecule has 0 saturated carbocycles. The number of β-lactam (4-membered cyclic amide) rings is 1. The number of thioether (sulfide) groups is 1. The predicted octanol–water partition coefficient (Wildman–Crippen LogP) is 0.559. The lowest BCUT2D eigenvalue weighted by Gasteiger charge is -2.47. The summed E-state index contributed by atoms with van der Waals surface area (Å²) in [4.78, 5) is 64.6. The van der Waals surface area contributed by atoms with E-state index in [1.807, 2.05) is 0 Å². The molecule has 1 aromatic rings. The van der Waals surface area contributed by atoms with Gasteiger partial charge in [-0.3, -0.25) is 14.5 Å². The molecule has 0 unspecified atom stereocenters. The summed E-state index contributed by atoms with van der Waals surface area (Å²) in [7, 11) is 0. The first-order chi connectivity index (χ1) is 17.6. The Kier molecular flexibility index (Phi) is 6.49. The summed E-state index contributed by atoms with van der Waals surface area (Å²) >= 11 is 1.37. The molecule has 3 amide bonds. The second-order valence-corrected chi connectivity index (χ2v) is 10.0. The highest BCUT2D eigenvalue weighted by atomic mass is 32.2. The molecule has 3 atom stereocenters. The second-order valence-electron chi connectivity index (χ2n) is 8.93. The number of nitrogens with zero attached hydrogens (tertiary/aromatic N) is 3. The minimum absolute atomic E-state index is 0.111. The van der Waals surface area contributed by atoms with Crippen molar-refractivity contribution in [3.8, 4) is 0 Å². The van der Waals surface area contributed by atoms with Gasteiger partial charge in [0.2, 0.25) is 17.7 Å². The van der Waals surface area contributed by atoms with Crippen molar-refractivity contribution in [3.05, 3.63) is 45.2 Å². The molecule has 15 heteroatoms. The van der Waals surface area contributed by atoms with Crippen molar-refractivity contribution in [2.24, 2.45) is 5.73 Å². The third-order valence-corrected chi connectivity index (χ3v) is 8.03. The highest BCUT2D eigenvalue weighted by Gasteiger charge is 2.51. The normalized spacial score (nSPS) is 26.6. The highest BCUT2D eigenvalue weighted by molar-refractivity contribution is 8.00. The molecule has 14 nitrogen and oxygen atoms in total. The van der Waals surface area contributed by atoms with Crippen LogP contribution in [0.3, 0.4) is 0 Å². The summed E-state index contributed by atoms with van der Waals surface area (Å²) in [5, 5.41) is 8.75. The van der Waals surface area contributed by atoms with E-state index in [4.69, 9.17) is 29.1 Å². The van der Waals surface area contributed by atoms with Crippen molar-refractivity contribution < 1.29 is 42.6 Å². The van der Waals surface area contributed by atoms with E-state index >= 15 is 0 Å². The number of carbonyl (C=O) groups excluding carboxylic acids is 3. The summed E-state index contributed by atoms with van der Waals surface area (Å²) in [5.74, 6) is -0.942. The number of fused-ring (bicyclic) bond motifs is 1. The Balaban J connectivity index is 1.23. The molecule has 1 aromatic heterocycles. The van der Waals surface area contributed by atoms with Gasteiger partial charge in [0.1, 0.15) is 11.4 Å². The first-order valence-corrected chi connectivity index (χ1v) is 12.6. The second kappa shape index (κ2) is 9.63. The maximum atomic E-state index is 13.2. The predicted molar refractivity (Wildman–Crippen MR) is 124 cm³/mol. The molecule has 5 rings (SSSR count). The Hall–Kier alpha value is -3.72. The van der Waals surface area contributed by atoms with E-state index in [2.05, 4.69) is 0 Å². The average molecular weight is 537 g/mol. The summed E-state index contributed by atoms with van der Waals surface area (Å²) < 4.78 is 19.7. The quantitative estimate of drug-likeness (QED) is 0.303. The monoisotopic (exact) mass is 536 g/mol. The zero-order valence-corrected chi connectivity index (χ0v) is 20.5. The number of allylic oxidation sites excluding steroid dienone is 1. The van der Waals surface area contributed by atoms with Gasteiger partial charge < -0.3 is 38.9 Å². The molecule has 0 spiro atoms. The maximum absolute atomic E-state index is 13.2. The van der Waals surface area contributed by atoms with Gasteiger partial charge in [-0.1, -0.05) is 0 Å². The lowest BCUT2D eigenvalue weighted by molar-refractivity contribution is -0.144. The van der Waals surface area contributed by atoms with Gasteiger partial charge in [0, 0.05) is 36.5 Å². The van der Waals surface area contributed by atoms with Crippen LogP contribution < -0.4 is 11.6 Å². The third kappa shape index (κ3) is 4.59. The topological polar surface area (TPSA) is 186 Å². The van der Waals surface area contributed by atoms with E-state index in [1.54, 1.807) is 11.0 Å². The van der Waals surface area contributed by atoms with Gasteiger partial charge in [-0.25, -0.2) is 14.4 Å². The fraction of sp³-hybridized carbons (Fsp3) is 0.500. The number of ether oxygens (including phenoxy) is 2. The molecule has 0 aliphatic carbocycles. The molecule has 3 N–H and O–H groups in total. The zero-order valence-electron chi connectivity index (χ0n) is 19.7. The van der Waals surface area contributed by atoms with Gasteiger partial charge >= 0.3 is 18.1 Å². The Morgan fingerprint density at radius 3 is 2.73 bits per heavy atom. The smallest absolute Gasteiger partial charge is 0.449 e. The van der Waals surface area contributed by atoms with Crippen LogP contribution in [0, 0.1) is 6.92 Å². The van der Waals surface area contributed by atoms with Crippen molar-refractivity contribution >= 4 is 35.8 Å². The molecule has 3 saturated heterocycles. The zero-order chi connectivity index (χ0) is 26.4. The van der Waals surface area contributed by atoms with Crippen LogP contribution in [0.25, 0.3) is 0 Å². The van der Waals surface area contributed by atoms with Crippen LogP contribution in [0.2, 0.25) is 0 Å². The van der Waals surface area contributed by atoms with Gasteiger partial charge in [0.05, 0.1) is 6.04 Å². The number of likely N-dealkylation sites (tertiary alicyclic amines) is 2. The van der Waals surface area contributed by atoms with E-state index in [0.29, 0.717) is 42.8 Å². The Morgan fingerprint density at radius 2 is 2.03 bits per heavy atom. The van der Waals surface area contributed by atoms with Crippen molar-refractivity contribution in [2.45, 2.75) is 43.8 Å². The van der Waals surface area contributed by atoms with Gasteiger partial charge in [0.25, 0.3) is 0 Å². The Bertz CT molecular complexity index is 1280. The summed E-state index contributed by atoms with van der Waals surface area (Å²) in [5.41, 5.74) is 6.69. The standard InChI is InChI=1S/C22H24N4O10S/c1-10-14(35-22(32)34-10)8-33-20(29)24-4-3-13(7-24)25-5-2-11(16(25)27)6-12-9-37-19-15(23)17(28)26(19)18(12)36-21(30)31/h6,13,15,19H,2-5,7-9,23H2,1H3,(H,30,31)/b11-6+/t13-,15-,19-/m1/s1. The fourth-order valence-corrected chi connectivity index (χ4v) is 6.02. The molecule has 0 aromatic carbocycles. The van der Waals surface area contributed by atoms with Gasteiger partial charge in [-0.15, -0.1) is 11.8 Å². The molecule has 0 radical (unpaired) electrons. The minimum atomic E-state index is -1.56. The minimum Gasteiger partial charge on any atom is -0.449 e. The van der Waals surface area contributed by atoms with Crippen molar-refractivity contribution in [1.29, 1.82) is 0 Å². The molecule has 4 aliphatic heterocycles. The number of amides is 3. The average Bonchev–Trinajstić information content (AvgIpc) is 3.56. The van der Waals surface area contributed by atoms with Crippen molar-refractivity contribution in [1.82, 2.24) is 14.7 Å². The van der Waals surface area contributed by atoms with Gasteiger partial charge in [0.15, 0.2) is 18.1 Å². The van der Waals surface area contributed by atoms with E-state index < -0.39 is 35.4 Å². The highest BCUT2D eigenvalue weighted by Crippen LogP contribution is 2.41. The van der Waals surface area contributed by atoms with Crippen LogP contribution in [0.5, 0.6) is 0 Å². The van der Waals surface area contributed by atoms with Crippen LogP contribution in [0.15, 0.2) is 36.7 Å². The van der Waals surface area contributed by atoms with E-state index in [9.17, 15) is 24.0 Å². The fourth-order valence-electron chi connectivity index (χ4n) is 4.79. The van der Waals surface area contributed by atoms with Crippen molar-refractivity contribution in [2.75, 3.05) is 25.4 Å². The van der Waals surface area contributed by atoms with E-state index in [-0.39, 0.29) is 42.5 Å². The molecule has 3 fully saturated rings. The number of hydrogen-bond acceptors (Lipinski definition) is 11. The van der Waals surface area contributed by atoms with Crippen LogP contribution in [0.4, 0.5) is 9.59 Å². The number of carbonyl (C=O) groups is 4. The largest absolute Gasteiger partial charge is 0.519 e. The molecule has 4 aliphatic rings. The molecule has 0 bridgehead atoms. The summed E-state index contributed by atoms with van der Waals surface area (Å²) in [6, 6.07) is -0.946. The molecule has 37 heavy (non-hydrogen) atoms. The van der Waals surface area contributed by atoms with Crippen molar-refractivity contribution in [3.63, 3.8) is 0 Å². The Labute approximate surface area is 213 Å². The number of carboxylic acid groups (broad SMARTS) is 1. The van der Waals surface area contributed by atoms with Crippen LogP contribution >= 0.6 is 11.8 Å². The third-order valence-electron chi connectivity index (χ3n) is 6.70. The van der Waals surface area contributed by atoms with Crippen LogP contribution in [-0.4, -0.2) is 86.7 Å². The number of rotatable bonds is 5. The molecule has 5 heterocycles. The number of nitrogens with two attached hydrogens (primary N) is 1. The Morgan fingerprint density at radius 1 is 1.24 bits per heavy atom. The van der Waals surface area contributed by atoms with Gasteiger partial charge in [-0.05, 0) is 25.8 Å². The first-order valence-electron chi connectivity index (χ1n) is 11.5. The van der Waals surface area contributed by atoms with Gasteiger partial charge in [-0.2, -0.15) is 0 Å². The molecule has 198 valence electrons. The first kappa shape index (κ1) is 25.0.